The molecule has 0 aliphatic rings. The third kappa shape index (κ3) is 2.61. The van der Waals surface area contributed by atoms with E-state index in [0.717, 1.165) is 12.1 Å². The van der Waals surface area contributed by atoms with Gasteiger partial charge in [0.25, 0.3) is 0 Å². The molecule has 1 nitrogen and oxygen atoms in total. The van der Waals surface area contributed by atoms with Gasteiger partial charge in [-0.2, -0.15) is 13.2 Å². The Balaban J connectivity index is 3.58. The van der Waals surface area contributed by atoms with E-state index in [0.29, 0.717) is 0 Å². The van der Waals surface area contributed by atoms with E-state index in [2.05, 4.69) is 0 Å². The van der Waals surface area contributed by atoms with Gasteiger partial charge in [0.1, 0.15) is 5.75 Å². The second-order valence-electron chi connectivity index (χ2n) is 4.60. The predicted molar refractivity (Wildman–Crippen MR) is 56.8 cm³/mol. The Kier molecular flexibility index (Phi) is 3.16. The highest BCUT2D eigenvalue weighted by Crippen LogP contribution is 2.43. The van der Waals surface area contributed by atoms with Crippen LogP contribution in [0.4, 0.5) is 13.2 Å². The van der Waals surface area contributed by atoms with Crippen molar-refractivity contribution in [3.63, 3.8) is 0 Å². The summed E-state index contributed by atoms with van der Waals surface area (Å²) in [6.45, 7) is 4.90. The van der Waals surface area contributed by atoms with Crippen molar-refractivity contribution in [2.45, 2.75) is 32.4 Å². The Hall–Kier alpha value is -0.900. The number of alkyl halides is 3. The molecule has 0 radical (unpaired) electrons. The fraction of sp³-hybridized carbons (Fsp3) is 0.455. The van der Waals surface area contributed by atoms with Crippen LogP contribution in [0.1, 0.15) is 31.9 Å². The highest BCUT2D eigenvalue weighted by Gasteiger charge is 2.39. The predicted octanol–water partition coefficient (Wildman–Crippen LogP) is 4.36. The average molecular weight is 253 g/mol. The number of benzene rings is 1. The summed E-state index contributed by atoms with van der Waals surface area (Å²) in [4.78, 5) is 0. The van der Waals surface area contributed by atoms with Crippen molar-refractivity contribution < 1.29 is 18.3 Å². The van der Waals surface area contributed by atoms with Gasteiger partial charge < -0.3 is 5.11 Å². The normalized spacial score (nSPS) is 12.9. The molecule has 5 heteroatoms. The number of halogens is 4. The lowest BCUT2D eigenvalue weighted by molar-refractivity contribution is -0.138. The molecule has 0 spiro atoms. The lowest BCUT2D eigenvalue weighted by Gasteiger charge is -2.25. The van der Waals surface area contributed by atoms with Gasteiger partial charge in [-0.25, -0.2) is 0 Å². The van der Waals surface area contributed by atoms with Crippen molar-refractivity contribution in [3.05, 3.63) is 28.3 Å². The van der Waals surface area contributed by atoms with Gasteiger partial charge in [-0.05, 0) is 23.1 Å². The van der Waals surface area contributed by atoms with Crippen molar-refractivity contribution in [2.75, 3.05) is 0 Å². The van der Waals surface area contributed by atoms with Gasteiger partial charge in [0.05, 0.1) is 10.6 Å². The lowest BCUT2D eigenvalue weighted by Crippen LogP contribution is -2.20. The van der Waals surface area contributed by atoms with Crippen LogP contribution in [-0.4, -0.2) is 5.11 Å². The van der Waals surface area contributed by atoms with Crippen LogP contribution in [0.5, 0.6) is 5.75 Å². The molecule has 0 bridgehead atoms. The van der Waals surface area contributed by atoms with Crippen LogP contribution in [0.2, 0.25) is 5.02 Å². The molecule has 0 saturated carbocycles. The van der Waals surface area contributed by atoms with E-state index in [1.54, 1.807) is 20.8 Å². The molecule has 1 rings (SSSR count). The summed E-state index contributed by atoms with van der Waals surface area (Å²) in [5.74, 6) is -0.261. The standard InChI is InChI=1S/C11H12ClF3O/c1-10(2,3)7-4-6(16)5-8(12)9(7)11(13,14)15/h4-5,16H,1-3H3. The smallest absolute Gasteiger partial charge is 0.418 e. The molecule has 0 amide bonds. The number of phenolic OH excluding ortho intramolecular Hbond substituents is 1. The number of rotatable bonds is 0. The first-order chi connectivity index (χ1) is 7.03. The summed E-state index contributed by atoms with van der Waals surface area (Å²) in [6, 6.07) is 2.01. The molecule has 1 aromatic carbocycles. The van der Waals surface area contributed by atoms with Crippen LogP contribution in [0, 0.1) is 0 Å². The van der Waals surface area contributed by atoms with Crippen molar-refractivity contribution >= 4 is 11.6 Å². The second kappa shape index (κ2) is 3.84. The van der Waals surface area contributed by atoms with E-state index in [1.165, 1.54) is 0 Å². The van der Waals surface area contributed by atoms with E-state index < -0.39 is 22.2 Å². The molecule has 0 aliphatic carbocycles. The summed E-state index contributed by atoms with van der Waals surface area (Å²) in [5, 5.41) is 8.82. The molecule has 0 saturated heterocycles. The minimum atomic E-state index is -4.52. The van der Waals surface area contributed by atoms with Gasteiger partial charge in [0.15, 0.2) is 0 Å². The first-order valence-electron chi connectivity index (χ1n) is 4.63. The third-order valence-electron chi connectivity index (χ3n) is 2.17. The Bertz CT molecular complexity index is 405. The highest BCUT2D eigenvalue weighted by molar-refractivity contribution is 6.31. The molecule has 0 fully saturated rings. The average Bonchev–Trinajstić information content (AvgIpc) is 1.97. The van der Waals surface area contributed by atoms with Crippen LogP contribution >= 0.6 is 11.6 Å². The van der Waals surface area contributed by atoms with Gasteiger partial charge in [-0.3, -0.25) is 0 Å². The van der Waals surface area contributed by atoms with Gasteiger partial charge in [0, 0.05) is 0 Å². The number of hydrogen-bond donors (Lipinski definition) is 1. The van der Waals surface area contributed by atoms with Gasteiger partial charge in [-0.15, -0.1) is 0 Å². The first kappa shape index (κ1) is 13.2. The van der Waals surface area contributed by atoms with Crippen molar-refractivity contribution in [1.29, 1.82) is 0 Å². The molecule has 0 aliphatic heterocycles. The molecular weight excluding hydrogens is 241 g/mol. The first-order valence-corrected chi connectivity index (χ1v) is 5.01. The van der Waals surface area contributed by atoms with E-state index in [4.69, 9.17) is 11.6 Å². The minimum Gasteiger partial charge on any atom is -0.508 e. The fourth-order valence-electron chi connectivity index (χ4n) is 1.47. The summed E-state index contributed by atoms with van der Waals surface area (Å²) >= 11 is 5.55. The van der Waals surface area contributed by atoms with Gasteiger partial charge >= 0.3 is 6.18 Å². The Labute approximate surface area is 96.9 Å². The van der Waals surface area contributed by atoms with Crippen molar-refractivity contribution in [2.24, 2.45) is 0 Å². The van der Waals surface area contributed by atoms with Gasteiger partial charge in [0.2, 0.25) is 0 Å². The van der Waals surface area contributed by atoms with E-state index in [-0.39, 0.29) is 11.3 Å². The van der Waals surface area contributed by atoms with Crippen LogP contribution in [-0.2, 0) is 11.6 Å². The van der Waals surface area contributed by atoms with Crippen LogP contribution in [0.15, 0.2) is 12.1 Å². The molecule has 0 atom stereocenters. The Morgan fingerprint density at radius 2 is 1.62 bits per heavy atom. The second-order valence-corrected chi connectivity index (χ2v) is 5.01. The van der Waals surface area contributed by atoms with Crippen molar-refractivity contribution in [3.8, 4) is 5.75 Å². The van der Waals surface area contributed by atoms with E-state index >= 15 is 0 Å². The lowest BCUT2D eigenvalue weighted by atomic mass is 9.83. The van der Waals surface area contributed by atoms with Gasteiger partial charge in [-0.1, -0.05) is 32.4 Å². The highest BCUT2D eigenvalue weighted by atomic mass is 35.5. The maximum atomic E-state index is 12.8. The summed E-state index contributed by atoms with van der Waals surface area (Å²) in [6.07, 6.45) is -4.52. The zero-order valence-electron chi connectivity index (χ0n) is 9.11. The molecule has 0 heterocycles. The minimum absolute atomic E-state index is 0.00926. The molecule has 1 N–H and O–H groups in total. The van der Waals surface area contributed by atoms with E-state index in [1.807, 2.05) is 0 Å². The summed E-state index contributed by atoms with van der Waals surface area (Å²) in [7, 11) is 0. The maximum Gasteiger partial charge on any atom is 0.418 e. The maximum absolute atomic E-state index is 12.8. The molecule has 0 unspecified atom stereocenters. The summed E-state index contributed by atoms with van der Waals surface area (Å²) in [5.41, 5.74) is -1.63. The van der Waals surface area contributed by atoms with E-state index in [9.17, 15) is 18.3 Å². The topological polar surface area (TPSA) is 20.2 Å². The molecule has 1 aromatic rings. The zero-order valence-corrected chi connectivity index (χ0v) is 9.87. The quantitative estimate of drug-likeness (QED) is 0.727. The molecule has 16 heavy (non-hydrogen) atoms. The SMILES string of the molecule is CC(C)(C)c1cc(O)cc(Cl)c1C(F)(F)F. The number of hydrogen-bond acceptors (Lipinski definition) is 1. The number of aromatic hydroxyl groups is 1. The summed E-state index contributed by atoms with van der Waals surface area (Å²) < 4.78 is 38.4. The Morgan fingerprint density at radius 3 is 2.00 bits per heavy atom. The van der Waals surface area contributed by atoms with Crippen molar-refractivity contribution in [1.82, 2.24) is 0 Å². The number of phenols is 1. The largest absolute Gasteiger partial charge is 0.508 e. The third-order valence-corrected chi connectivity index (χ3v) is 2.46. The van der Waals surface area contributed by atoms with Crippen LogP contribution in [0.3, 0.4) is 0 Å². The monoisotopic (exact) mass is 252 g/mol. The van der Waals surface area contributed by atoms with Crippen LogP contribution < -0.4 is 0 Å². The molecule has 90 valence electrons. The Morgan fingerprint density at radius 1 is 1.12 bits per heavy atom. The van der Waals surface area contributed by atoms with Crippen LogP contribution in [0.25, 0.3) is 0 Å². The fourth-order valence-corrected chi connectivity index (χ4v) is 1.79. The molecule has 0 aromatic heterocycles. The zero-order chi connectivity index (χ0) is 12.7. The molecular formula is C11H12ClF3O.